The highest BCUT2D eigenvalue weighted by Gasteiger charge is 2.20. The van der Waals surface area contributed by atoms with Crippen LogP contribution in [0.2, 0.25) is 0 Å². The highest BCUT2D eigenvalue weighted by Crippen LogP contribution is 2.25. The minimum Gasteiger partial charge on any atom is -0.382 e. The standard InChI is InChI=1S/C23H23FN4/c1-17(20-14-25-16-26-15-20)28-11-9-23(10-12-28)27-22-7-5-18(6-8-22)19-3-2-4-21(24)13-19/h2-8,13-16,23,27H,1,9-12H2. The smallest absolute Gasteiger partial charge is 0.123 e. The van der Waals surface area contributed by atoms with E-state index in [1.54, 1.807) is 24.5 Å². The van der Waals surface area contributed by atoms with Crippen molar-refractivity contribution in [2.75, 3.05) is 18.4 Å². The van der Waals surface area contributed by atoms with E-state index in [1.165, 1.54) is 12.4 Å². The SMILES string of the molecule is C=C(c1cncnc1)N1CCC(Nc2ccc(-c3cccc(F)c3)cc2)CC1. The highest BCUT2D eigenvalue weighted by atomic mass is 19.1. The number of aromatic nitrogens is 2. The van der Waals surface area contributed by atoms with E-state index in [9.17, 15) is 4.39 Å². The van der Waals surface area contributed by atoms with Crippen LogP contribution in [0, 0.1) is 5.82 Å². The van der Waals surface area contributed by atoms with Crippen LogP contribution in [0.15, 0.2) is 73.8 Å². The second-order valence-corrected chi connectivity index (χ2v) is 7.07. The second kappa shape index (κ2) is 8.21. The van der Waals surface area contributed by atoms with E-state index in [0.717, 1.165) is 54.0 Å². The minimum atomic E-state index is -0.213. The Morgan fingerprint density at radius 1 is 1.00 bits per heavy atom. The molecule has 4 nitrogen and oxygen atoms in total. The summed E-state index contributed by atoms with van der Waals surface area (Å²) in [6, 6.07) is 15.3. The third-order valence-corrected chi connectivity index (χ3v) is 5.18. The molecule has 1 saturated heterocycles. The number of nitrogens with one attached hydrogen (secondary N) is 1. The van der Waals surface area contributed by atoms with E-state index in [2.05, 4.69) is 38.9 Å². The van der Waals surface area contributed by atoms with Gasteiger partial charge in [0, 0.05) is 48.5 Å². The van der Waals surface area contributed by atoms with Crippen LogP contribution in [0.4, 0.5) is 10.1 Å². The summed E-state index contributed by atoms with van der Waals surface area (Å²) < 4.78 is 13.4. The first-order valence-corrected chi connectivity index (χ1v) is 9.51. The third kappa shape index (κ3) is 4.19. The zero-order chi connectivity index (χ0) is 19.3. The molecule has 2 aromatic carbocycles. The average molecular weight is 374 g/mol. The van der Waals surface area contributed by atoms with Gasteiger partial charge in [-0.25, -0.2) is 14.4 Å². The van der Waals surface area contributed by atoms with Crippen molar-refractivity contribution in [3.8, 4) is 11.1 Å². The van der Waals surface area contributed by atoms with Crippen LogP contribution < -0.4 is 5.32 Å². The molecule has 0 unspecified atom stereocenters. The monoisotopic (exact) mass is 374 g/mol. The summed E-state index contributed by atoms with van der Waals surface area (Å²) in [5, 5.41) is 3.62. The molecule has 2 heterocycles. The number of hydrogen-bond acceptors (Lipinski definition) is 4. The average Bonchev–Trinajstić information content (AvgIpc) is 2.75. The Bertz CT molecular complexity index is 932. The van der Waals surface area contributed by atoms with Gasteiger partial charge in [-0.05, 0) is 48.2 Å². The van der Waals surface area contributed by atoms with Crippen LogP contribution >= 0.6 is 0 Å². The number of likely N-dealkylation sites (tertiary alicyclic amines) is 1. The van der Waals surface area contributed by atoms with Gasteiger partial charge in [0.25, 0.3) is 0 Å². The topological polar surface area (TPSA) is 41.1 Å². The van der Waals surface area contributed by atoms with E-state index >= 15 is 0 Å². The normalized spacial score (nSPS) is 14.7. The van der Waals surface area contributed by atoms with Crippen molar-refractivity contribution in [3.05, 3.63) is 85.2 Å². The van der Waals surface area contributed by atoms with Crippen molar-refractivity contribution >= 4 is 11.4 Å². The molecule has 1 N–H and O–H groups in total. The molecule has 1 aromatic heterocycles. The fourth-order valence-electron chi connectivity index (χ4n) is 3.59. The van der Waals surface area contributed by atoms with Gasteiger partial charge in [-0.2, -0.15) is 0 Å². The van der Waals surface area contributed by atoms with Gasteiger partial charge in [-0.1, -0.05) is 30.8 Å². The Morgan fingerprint density at radius 3 is 2.39 bits per heavy atom. The summed E-state index contributed by atoms with van der Waals surface area (Å²) >= 11 is 0. The van der Waals surface area contributed by atoms with E-state index in [-0.39, 0.29) is 5.82 Å². The lowest BCUT2D eigenvalue weighted by Crippen LogP contribution is -2.37. The zero-order valence-corrected chi connectivity index (χ0v) is 15.7. The molecule has 4 rings (SSSR count). The van der Waals surface area contributed by atoms with Crippen LogP contribution in [0.5, 0.6) is 0 Å². The molecule has 28 heavy (non-hydrogen) atoms. The van der Waals surface area contributed by atoms with Crippen molar-refractivity contribution in [1.82, 2.24) is 14.9 Å². The van der Waals surface area contributed by atoms with Crippen molar-refractivity contribution in [2.45, 2.75) is 18.9 Å². The van der Waals surface area contributed by atoms with Gasteiger partial charge in [0.05, 0.1) is 0 Å². The number of piperidine rings is 1. The molecule has 5 heteroatoms. The van der Waals surface area contributed by atoms with Crippen LogP contribution in [-0.2, 0) is 0 Å². The van der Waals surface area contributed by atoms with Gasteiger partial charge < -0.3 is 10.2 Å². The zero-order valence-electron chi connectivity index (χ0n) is 15.7. The summed E-state index contributed by atoms with van der Waals surface area (Å²) in [6.45, 7) is 6.10. The van der Waals surface area contributed by atoms with Crippen molar-refractivity contribution in [3.63, 3.8) is 0 Å². The lowest BCUT2D eigenvalue weighted by atomic mass is 10.0. The van der Waals surface area contributed by atoms with Crippen molar-refractivity contribution in [2.24, 2.45) is 0 Å². The molecule has 0 atom stereocenters. The van der Waals surface area contributed by atoms with Gasteiger partial charge in [-0.3, -0.25) is 0 Å². The van der Waals surface area contributed by atoms with Crippen molar-refractivity contribution in [1.29, 1.82) is 0 Å². The largest absolute Gasteiger partial charge is 0.382 e. The number of benzene rings is 2. The maximum Gasteiger partial charge on any atom is 0.123 e. The van der Waals surface area contributed by atoms with E-state index in [1.807, 2.05) is 18.2 Å². The van der Waals surface area contributed by atoms with Crippen LogP contribution in [0.25, 0.3) is 16.8 Å². The Balaban J connectivity index is 1.33. The fourth-order valence-corrected chi connectivity index (χ4v) is 3.59. The molecule has 3 aromatic rings. The second-order valence-electron chi connectivity index (χ2n) is 7.07. The number of rotatable bonds is 5. The number of anilines is 1. The Morgan fingerprint density at radius 2 is 1.71 bits per heavy atom. The number of hydrogen-bond donors (Lipinski definition) is 1. The van der Waals surface area contributed by atoms with Crippen LogP contribution in [-0.4, -0.2) is 34.0 Å². The molecule has 0 aliphatic carbocycles. The van der Waals surface area contributed by atoms with Gasteiger partial charge in [0.2, 0.25) is 0 Å². The third-order valence-electron chi connectivity index (χ3n) is 5.18. The van der Waals surface area contributed by atoms with Crippen molar-refractivity contribution < 1.29 is 4.39 Å². The molecule has 1 fully saturated rings. The van der Waals surface area contributed by atoms with Gasteiger partial charge in [-0.15, -0.1) is 0 Å². The Kier molecular flexibility index (Phi) is 5.33. The minimum absolute atomic E-state index is 0.213. The molecular formula is C23H23FN4. The maximum atomic E-state index is 13.4. The molecule has 0 radical (unpaired) electrons. The summed E-state index contributed by atoms with van der Waals surface area (Å²) in [7, 11) is 0. The maximum absolute atomic E-state index is 13.4. The first kappa shape index (κ1) is 18.2. The highest BCUT2D eigenvalue weighted by molar-refractivity contribution is 5.66. The molecule has 1 aliphatic rings. The van der Waals surface area contributed by atoms with Crippen LogP contribution in [0.1, 0.15) is 18.4 Å². The quantitative estimate of drug-likeness (QED) is 0.694. The molecule has 0 amide bonds. The number of halogens is 1. The lowest BCUT2D eigenvalue weighted by molar-refractivity contribution is 0.309. The predicted octanol–water partition coefficient (Wildman–Crippen LogP) is 4.83. The van der Waals surface area contributed by atoms with Gasteiger partial charge >= 0.3 is 0 Å². The molecule has 0 spiro atoms. The Labute approximate surface area is 164 Å². The molecule has 0 saturated carbocycles. The van der Waals surface area contributed by atoms with Crippen LogP contribution in [0.3, 0.4) is 0 Å². The first-order valence-electron chi connectivity index (χ1n) is 9.51. The van der Waals surface area contributed by atoms with E-state index in [4.69, 9.17) is 0 Å². The molecule has 142 valence electrons. The molecular weight excluding hydrogens is 351 g/mol. The van der Waals surface area contributed by atoms with Gasteiger partial charge in [0.1, 0.15) is 12.1 Å². The summed E-state index contributed by atoms with van der Waals surface area (Å²) in [5.41, 5.74) is 4.96. The van der Waals surface area contributed by atoms with E-state index in [0.29, 0.717) is 6.04 Å². The summed E-state index contributed by atoms with van der Waals surface area (Å²) in [4.78, 5) is 10.4. The molecule has 0 bridgehead atoms. The molecule has 1 aliphatic heterocycles. The predicted molar refractivity (Wildman–Crippen MR) is 111 cm³/mol. The lowest BCUT2D eigenvalue weighted by Gasteiger charge is -2.35. The first-order chi connectivity index (χ1) is 13.7. The number of nitrogens with zero attached hydrogens (tertiary/aromatic N) is 3. The summed E-state index contributed by atoms with van der Waals surface area (Å²) in [6.07, 6.45) is 7.23. The fraction of sp³-hybridized carbons (Fsp3) is 0.217. The summed E-state index contributed by atoms with van der Waals surface area (Å²) in [5.74, 6) is -0.213. The van der Waals surface area contributed by atoms with E-state index < -0.39 is 0 Å². The Hall–Kier alpha value is -3.21. The van der Waals surface area contributed by atoms with Gasteiger partial charge in [0.15, 0.2) is 0 Å².